The summed E-state index contributed by atoms with van der Waals surface area (Å²) in [5.41, 5.74) is -0.00850. The lowest BCUT2D eigenvalue weighted by atomic mass is 9.82. The SMILES string of the molecule is Cc1nc(S(=O)(=O)N2CCC(C(=O)NC(CCC(C)C)C(C)(C)C)CC2)cn1C. The molecule has 2 rings (SSSR count). The molecule has 1 aromatic rings. The molecule has 0 spiro atoms. The van der Waals surface area contributed by atoms with Crippen LogP contribution in [-0.2, 0) is 21.9 Å². The summed E-state index contributed by atoms with van der Waals surface area (Å²) in [4.78, 5) is 17.0. The van der Waals surface area contributed by atoms with E-state index in [1.165, 1.54) is 4.31 Å². The van der Waals surface area contributed by atoms with E-state index in [4.69, 9.17) is 0 Å². The summed E-state index contributed by atoms with van der Waals surface area (Å²) in [6.45, 7) is 13.3. The second-order valence-corrected chi connectivity index (χ2v) is 11.7. The summed E-state index contributed by atoms with van der Waals surface area (Å²) in [6, 6.07) is 0.121. The molecular formula is C21H38N4O3S. The molecule has 1 N–H and O–H groups in total. The minimum absolute atomic E-state index is 0.00850. The van der Waals surface area contributed by atoms with Gasteiger partial charge in [-0.3, -0.25) is 4.79 Å². The van der Waals surface area contributed by atoms with E-state index < -0.39 is 10.0 Å². The Hall–Kier alpha value is -1.41. The normalized spacial score (nSPS) is 18.2. The van der Waals surface area contributed by atoms with Crippen molar-refractivity contribution in [2.24, 2.45) is 24.3 Å². The van der Waals surface area contributed by atoms with E-state index in [1.54, 1.807) is 24.7 Å². The van der Waals surface area contributed by atoms with Gasteiger partial charge >= 0.3 is 0 Å². The van der Waals surface area contributed by atoms with Crippen LogP contribution in [0.4, 0.5) is 0 Å². The first-order valence-corrected chi connectivity index (χ1v) is 12.1. The van der Waals surface area contributed by atoms with Gasteiger partial charge in [0.1, 0.15) is 5.82 Å². The summed E-state index contributed by atoms with van der Waals surface area (Å²) >= 11 is 0. The predicted molar refractivity (Wildman–Crippen MR) is 115 cm³/mol. The van der Waals surface area contributed by atoms with Gasteiger partial charge < -0.3 is 9.88 Å². The van der Waals surface area contributed by atoms with Gasteiger partial charge in [0.05, 0.1) is 0 Å². The number of nitrogens with zero attached hydrogens (tertiary/aromatic N) is 3. The second kappa shape index (κ2) is 9.16. The molecule has 1 amide bonds. The van der Waals surface area contributed by atoms with E-state index in [-0.39, 0.29) is 28.3 Å². The highest BCUT2D eigenvalue weighted by atomic mass is 32.2. The summed E-state index contributed by atoms with van der Waals surface area (Å²) in [6.07, 6.45) is 4.66. The van der Waals surface area contributed by atoms with Crippen molar-refractivity contribution in [1.82, 2.24) is 19.2 Å². The number of aromatic nitrogens is 2. The molecule has 7 nitrogen and oxygen atoms in total. The topological polar surface area (TPSA) is 84.3 Å². The molecule has 1 aliphatic rings. The van der Waals surface area contributed by atoms with E-state index in [9.17, 15) is 13.2 Å². The molecule has 0 bridgehead atoms. The average Bonchev–Trinajstić information content (AvgIpc) is 2.97. The Labute approximate surface area is 176 Å². The summed E-state index contributed by atoms with van der Waals surface area (Å²) in [7, 11) is -1.83. The molecule has 8 heteroatoms. The third kappa shape index (κ3) is 6.04. The van der Waals surface area contributed by atoms with Crippen LogP contribution in [0.3, 0.4) is 0 Å². The van der Waals surface area contributed by atoms with Crippen LogP contribution >= 0.6 is 0 Å². The van der Waals surface area contributed by atoms with Crippen molar-refractivity contribution >= 4 is 15.9 Å². The monoisotopic (exact) mass is 426 g/mol. The van der Waals surface area contributed by atoms with E-state index in [2.05, 4.69) is 44.9 Å². The maximum absolute atomic E-state index is 12.9. The predicted octanol–water partition coefficient (Wildman–Crippen LogP) is 3.10. The molecule has 0 radical (unpaired) electrons. The van der Waals surface area contributed by atoms with Crippen molar-refractivity contribution in [2.75, 3.05) is 13.1 Å². The number of amides is 1. The van der Waals surface area contributed by atoms with Crippen molar-refractivity contribution in [3.8, 4) is 0 Å². The Morgan fingerprint density at radius 1 is 1.24 bits per heavy atom. The Morgan fingerprint density at radius 3 is 2.28 bits per heavy atom. The first-order chi connectivity index (χ1) is 13.3. The van der Waals surface area contributed by atoms with Crippen molar-refractivity contribution in [1.29, 1.82) is 0 Å². The van der Waals surface area contributed by atoms with Gasteiger partial charge in [0.15, 0.2) is 5.03 Å². The number of carbonyl (C=O) groups is 1. The number of nitrogens with one attached hydrogen (secondary N) is 1. The Morgan fingerprint density at radius 2 is 1.83 bits per heavy atom. The van der Waals surface area contributed by atoms with Gasteiger partial charge in [-0.05, 0) is 43.9 Å². The maximum Gasteiger partial charge on any atom is 0.262 e. The minimum Gasteiger partial charge on any atom is -0.353 e. The van der Waals surface area contributed by atoms with Crippen LogP contribution in [0.25, 0.3) is 0 Å². The van der Waals surface area contributed by atoms with Crippen molar-refractivity contribution in [2.45, 2.75) is 78.3 Å². The molecule has 1 atom stereocenters. The van der Waals surface area contributed by atoms with Gasteiger partial charge in [-0.25, -0.2) is 13.4 Å². The van der Waals surface area contributed by atoms with Gasteiger partial charge in [-0.2, -0.15) is 4.31 Å². The highest BCUT2D eigenvalue weighted by molar-refractivity contribution is 7.89. The number of imidazole rings is 1. The van der Waals surface area contributed by atoms with Gasteiger partial charge in [0.2, 0.25) is 5.91 Å². The molecule has 0 aliphatic carbocycles. The first-order valence-electron chi connectivity index (χ1n) is 10.6. The van der Waals surface area contributed by atoms with Gasteiger partial charge in [0.25, 0.3) is 10.0 Å². The number of carbonyl (C=O) groups excluding carboxylic acids is 1. The largest absolute Gasteiger partial charge is 0.353 e. The molecule has 29 heavy (non-hydrogen) atoms. The lowest BCUT2D eigenvalue weighted by molar-refractivity contribution is -0.127. The zero-order valence-electron chi connectivity index (χ0n) is 19.0. The molecule has 1 fully saturated rings. The first kappa shape index (κ1) is 23.9. The average molecular weight is 427 g/mol. The number of piperidine rings is 1. The second-order valence-electron chi connectivity index (χ2n) is 9.81. The fraction of sp³-hybridized carbons (Fsp3) is 0.810. The zero-order valence-corrected chi connectivity index (χ0v) is 19.8. The number of hydrogen-bond donors (Lipinski definition) is 1. The molecule has 1 unspecified atom stereocenters. The number of aryl methyl sites for hydroxylation is 2. The van der Waals surface area contributed by atoms with E-state index in [0.29, 0.717) is 37.7 Å². The lowest BCUT2D eigenvalue weighted by Crippen LogP contribution is -2.49. The Balaban J connectivity index is 1.97. The molecule has 0 aromatic carbocycles. The van der Waals surface area contributed by atoms with Crippen molar-refractivity contribution < 1.29 is 13.2 Å². The Kier molecular flexibility index (Phi) is 7.54. The van der Waals surface area contributed by atoms with E-state index in [1.807, 2.05) is 0 Å². The summed E-state index contributed by atoms with van der Waals surface area (Å²) in [5.74, 6) is 1.17. The number of rotatable bonds is 7. The Bertz CT molecular complexity index is 781. The molecule has 1 saturated heterocycles. The molecule has 1 aromatic heterocycles. The van der Waals surface area contributed by atoms with E-state index in [0.717, 1.165) is 12.8 Å². The maximum atomic E-state index is 12.9. The highest BCUT2D eigenvalue weighted by Gasteiger charge is 2.35. The molecule has 166 valence electrons. The fourth-order valence-corrected chi connectivity index (χ4v) is 5.15. The third-order valence-electron chi connectivity index (χ3n) is 5.91. The summed E-state index contributed by atoms with van der Waals surface area (Å²) in [5, 5.41) is 3.34. The van der Waals surface area contributed by atoms with Crippen LogP contribution in [0.1, 0.15) is 66.1 Å². The van der Waals surface area contributed by atoms with Crippen LogP contribution in [0.2, 0.25) is 0 Å². The minimum atomic E-state index is -3.61. The van der Waals surface area contributed by atoms with Gasteiger partial charge in [0, 0.05) is 38.3 Å². The fourth-order valence-electron chi connectivity index (χ4n) is 3.65. The zero-order chi connectivity index (χ0) is 22.0. The van der Waals surface area contributed by atoms with Crippen LogP contribution in [0.5, 0.6) is 0 Å². The summed E-state index contributed by atoms with van der Waals surface area (Å²) < 4.78 is 28.8. The van der Waals surface area contributed by atoms with E-state index >= 15 is 0 Å². The molecule has 1 aliphatic heterocycles. The van der Waals surface area contributed by atoms with Crippen molar-refractivity contribution in [3.05, 3.63) is 12.0 Å². The van der Waals surface area contributed by atoms with Crippen LogP contribution in [0, 0.1) is 24.2 Å². The lowest BCUT2D eigenvalue weighted by Gasteiger charge is -2.35. The van der Waals surface area contributed by atoms with Crippen LogP contribution in [0.15, 0.2) is 11.2 Å². The molecular weight excluding hydrogens is 388 g/mol. The molecule has 2 heterocycles. The standard InChI is InChI=1S/C21H38N4O3S/c1-15(2)8-9-18(21(4,5)6)23-20(26)17-10-12-25(13-11-17)29(27,28)19-14-24(7)16(3)22-19/h14-15,17-18H,8-13H2,1-7H3,(H,23,26). The quantitative estimate of drug-likeness (QED) is 0.726. The van der Waals surface area contributed by atoms with Crippen molar-refractivity contribution in [3.63, 3.8) is 0 Å². The van der Waals surface area contributed by atoms with Gasteiger partial charge in [-0.15, -0.1) is 0 Å². The van der Waals surface area contributed by atoms with Crippen LogP contribution < -0.4 is 5.32 Å². The van der Waals surface area contributed by atoms with Crippen LogP contribution in [-0.4, -0.2) is 47.3 Å². The smallest absolute Gasteiger partial charge is 0.262 e. The number of hydrogen-bond acceptors (Lipinski definition) is 4. The third-order valence-corrected chi connectivity index (χ3v) is 7.68. The molecule has 0 saturated carbocycles. The number of sulfonamides is 1. The highest BCUT2D eigenvalue weighted by Crippen LogP contribution is 2.27. The van der Waals surface area contributed by atoms with Gasteiger partial charge in [-0.1, -0.05) is 34.6 Å².